The third kappa shape index (κ3) is 3.22. The highest BCUT2D eigenvalue weighted by Crippen LogP contribution is 2.46. The molecular weight excluding hydrogens is 397 g/mol. The molecule has 3 aromatic rings. The van der Waals surface area contributed by atoms with Crippen LogP contribution in [0.1, 0.15) is 65.6 Å². The topological polar surface area (TPSA) is 57.0 Å². The molecule has 0 aliphatic heterocycles. The van der Waals surface area contributed by atoms with E-state index in [1.807, 2.05) is 6.07 Å². The maximum atomic E-state index is 14.6. The fourth-order valence-corrected chi connectivity index (χ4v) is 5.75. The molecular formula is C20H20FN3O2S2. The summed E-state index contributed by atoms with van der Waals surface area (Å²) >= 11 is 2.83. The largest absolute Gasteiger partial charge is 0.462 e. The Labute approximate surface area is 170 Å². The van der Waals surface area contributed by atoms with Gasteiger partial charge >= 0.3 is 5.97 Å². The van der Waals surface area contributed by atoms with Crippen molar-refractivity contribution < 1.29 is 13.9 Å². The average molecular weight is 418 g/mol. The number of thiophene rings is 1. The number of carbonyl (C=O) groups excluding carboxylic acids is 1. The summed E-state index contributed by atoms with van der Waals surface area (Å²) in [4.78, 5) is 12.9. The Morgan fingerprint density at radius 1 is 1.32 bits per heavy atom. The monoisotopic (exact) mass is 417 g/mol. The normalized spacial score (nSPS) is 16.6. The van der Waals surface area contributed by atoms with Crippen molar-refractivity contribution in [3.05, 3.63) is 40.3 Å². The van der Waals surface area contributed by atoms with Crippen molar-refractivity contribution in [1.82, 2.24) is 14.8 Å². The Kier molecular flexibility index (Phi) is 4.63. The number of thioether (sulfide) groups is 1. The predicted octanol–water partition coefficient (Wildman–Crippen LogP) is 5.31. The summed E-state index contributed by atoms with van der Waals surface area (Å²) in [6.07, 6.45) is 4.69. The number of fused-ring (bicyclic) bond motifs is 1. The van der Waals surface area contributed by atoms with Gasteiger partial charge in [-0.3, -0.25) is 0 Å². The van der Waals surface area contributed by atoms with E-state index in [2.05, 4.69) is 14.8 Å². The zero-order chi connectivity index (χ0) is 19.3. The molecule has 5 rings (SSSR count). The third-order valence-corrected chi connectivity index (χ3v) is 7.26. The molecule has 0 saturated heterocycles. The number of carbonyl (C=O) groups is 1. The zero-order valence-corrected chi connectivity index (χ0v) is 17.1. The first-order valence-electron chi connectivity index (χ1n) is 9.62. The highest BCUT2D eigenvalue weighted by Gasteiger charge is 2.36. The maximum Gasteiger partial charge on any atom is 0.348 e. The second-order valence-corrected chi connectivity index (χ2v) is 9.24. The lowest BCUT2D eigenvalue weighted by molar-refractivity contribution is 0.0531. The average Bonchev–Trinajstić information content (AvgIpc) is 3.61. The fraction of sp³-hybridized carbons (Fsp3) is 0.450. The van der Waals surface area contributed by atoms with Crippen molar-refractivity contribution in [2.24, 2.45) is 0 Å². The number of rotatable bonds is 7. The van der Waals surface area contributed by atoms with Crippen LogP contribution in [0.25, 0.3) is 10.1 Å². The van der Waals surface area contributed by atoms with Crippen molar-refractivity contribution in [3.63, 3.8) is 0 Å². The minimum Gasteiger partial charge on any atom is -0.462 e. The first kappa shape index (κ1) is 18.1. The summed E-state index contributed by atoms with van der Waals surface area (Å²) in [5.41, 5.74) is 0.694. The van der Waals surface area contributed by atoms with Gasteiger partial charge in [0.05, 0.1) is 6.61 Å². The Balaban J connectivity index is 1.50. The van der Waals surface area contributed by atoms with Crippen molar-refractivity contribution in [2.45, 2.75) is 55.5 Å². The van der Waals surface area contributed by atoms with Gasteiger partial charge in [-0.2, -0.15) is 0 Å². The van der Waals surface area contributed by atoms with Gasteiger partial charge < -0.3 is 9.30 Å². The zero-order valence-electron chi connectivity index (χ0n) is 15.5. The molecule has 0 bridgehead atoms. The van der Waals surface area contributed by atoms with Crippen molar-refractivity contribution in [3.8, 4) is 0 Å². The molecule has 2 aromatic heterocycles. The maximum absolute atomic E-state index is 14.6. The van der Waals surface area contributed by atoms with E-state index < -0.39 is 0 Å². The number of aromatic nitrogens is 3. The number of hydrogen-bond acceptors (Lipinski definition) is 6. The van der Waals surface area contributed by atoms with Crippen molar-refractivity contribution in [1.29, 1.82) is 0 Å². The third-order valence-electron chi connectivity index (χ3n) is 5.12. The van der Waals surface area contributed by atoms with Crippen LogP contribution in [0, 0.1) is 5.82 Å². The van der Waals surface area contributed by atoms with E-state index in [-0.39, 0.29) is 11.8 Å². The molecule has 2 heterocycles. The van der Waals surface area contributed by atoms with Crippen molar-refractivity contribution >= 4 is 39.2 Å². The van der Waals surface area contributed by atoms with Crippen LogP contribution in [0.2, 0.25) is 0 Å². The summed E-state index contributed by atoms with van der Waals surface area (Å²) in [6.45, 7) is 2.07. The molecule has 5 nitrogen and oxygen atoms in total. The molecule has 8 heteroatoms. The number of ether oxygens (including phenoxy) is 1. The van der Waals surface area contributed by atoms with Crippen LogP contribution in [0.5, 0.6) is 0 Å². The lowest BCUT2D eigenvalue weighted by Gasteiger charge is -2.09. The van der Waals surface area contributed by atoms with E-state index in [4.69, 9.17) is 4.74 Å². The molecule has 2 aliphatic rings. The molecule has 0 atom stereocenters. The molecule has 2 aliphatic carbocycles. The van der Waals surface area contributed by atoms with E-state index in [9.17, 15) is 9.18 Å². The van der Waals surface area contributed by atoms with Crippen LogP contribution >= 0.6 is 23.1 Å². The van der Waals surface area contributed by atoms with E-state index in [0.717, 1.165) is 28.5 Å². The number of benzene rings is 1. The second kappa shape index (κ2) is 7.15. The fourth-order valence-electron chi connectivity index (χ4n) is 3.49. The molecule has 146 valence electrons. The molecule has 28 heavy (non-hydrogen) atoms. The second-order valence-electron chi connectivity index (χ2n) is 7.25. The van der Waals surface area contributed by atoms with Gasteiger partial charge in [0.15, 0.2) is 5.16 Å². The van der Waals surface area contributed by atoms with Crippen LogP contribution in [0.3, 0.4) is 0 Å². The number of halogens is 1. The smallest absolute Gasteiger partial charge is 0.348 e. The molecule has 2 saturated carbocycles. The van der Waals surface area contributed by atoms with Gasteiger partial charge in [-0.05, 0) is 50.3 Å². The number of esters is 1. The summed E-state index contributed by atoms with van der Waals surface area (Å²) in [6, 6.07) is 5.45. The highest BCUT2D eigenvalue weighted by molar-refractivity contribution is 7.98. The summed E-state index contributed by atoms with van der Waals surface area (Å²) in [7, 11) is 0. The minimum atomic E-state index is -0.388. The molecule has 0 amide bonds. The van der Waals surface area contributed by atoms with Crippen LogP contribution in [-0.2, 0) is 10.5 Å². The molecule has 0 unspecified atom stereocenters. The van der Waals surface area contributed by atoms with Crippen LogP contribution < -0.4 is 0 Å². The van der Waals surface area contributed by atoms with Gasteiger partial charge in [-0.15, -0.1) is 21.5 Å². The summed E-state index contributed by atoms with van der Waals surface area (Å²) in [5.74, 6) is 1.40. The predicted molar refractivity (Wildman–Crippen MR) is 108 cm³/mol. The Morgan fingerprint density at radius 3 is 2.86 bits per heavy atom. The number of nitrogens with zero attached hydrogens (tertiary/aromatic N) is 3. The lowest BCUT2D eigenvalue weighted by atomic mass is 10.1. The SMILES string of the molecule is CCOC(=O)c1sc2cccc(F)c2c1CSc1nnc(C2CC2)n1C1CC1. The molecule has 0 N–H and O–H groups in total. The van der Waals surface area contributed by atoms with E-state index >= 15 is 0 Å². The Hall–Kier alpha value is -1.93. The number of hydrogen-bond donors (Lipinski definition) is 0. The van der Waals surface area contributed by atoms with E-state index in [1.54, 1.807) is 13.0 Å². The van der Waals surface area contributed by atoms with Crippen LogP contribution in [-0.4, -0.2) is 27.3 Å². The van der Waals surface area contributed by atoms with E-state index in [0.29, 0.717) is 40.1 Å². The van der Waals surface area contributed by atoms with E-state index in [1.165, 1.54) is 42.0 Å². The minimum absolute atomic E-state index is 0.295. The van der Waals surface area contributed by atoms with Gasteiger partial charge in [-0.25, -0.2) is 9.18 Å². The van der Waals surface area contributed by atoms with Gasteiger partial charge in [0.25, 0.3) is 0 Å². The molecule has 0 radical (unpaired) electrons. The molecule has 1 aromatic carbocycles. The van der Waals surface area contributed by atoms with Gasteiger partial charge in [-0.1, -0.05) is 17.8 Å². The Bertz CT molecular complexity index is 1050. The molecule has 2 fully saturated rings. The van der Waals surface area contributed by atoms with Gasteiger partial charge in [0, 0.05) is 27.8 Å². The first-order valence-corrected chi connectivity index (χ1v) is 11.4. The molecule has 0 spiro atoms. The standard InChI is InChI=1S/C20H20FN3O2S2/c1-2-26-19(25)17-13(16-14(21)4-3-5-15(16)28-17)10-27-20-23-22-18(11-6-7-11)24(20)12-8-9-12/h3-5,11-12H,2,6-10H2,1H3. The lowest BCUT2D eigenvalue weighted by Crippen LogP contribution is -2.05. The first-order chi connectivity index (χ1) is 13.7. The quantitative estimate of drug-likeness (QED) is 0.385. The Morgan fingerprint density at radius 2 is 2.14 bits per heavy atom. The summed E-state index contributed by atoms with van der Waals surface area (Å²) in [5, 5.41) is 10.2. The van der Waals surface area contributed by atoms with Crippen molar-refractivity contribution in [2.75, 3.05) is 6.61 Å². The van der Waals surface area contributed by atoms with Gasteiger partial charge in [0.1, 0.15) is 16.5 Å². The van der Waals surface area contributed by atoms with Crippen LogP contribution in [0.4, 0.5) is 4.39 Å². The summed E-state index contributed by atoms with van der Waals surface area (Å²) < 4.78 is 22.8. The highest BCUT2D eigenvalue weighted by atomic mass is 32.2. The van der Waals surface area contributed by atoms with Crippen LogP contribution in [0.15, 0.2) is 23.4 Å². The van der Waals surface area contributed by atoms with Gasteiger partial charge in [0.2, 0.25) is 0 Å².